The molecule has 17 heavy (non-hydrogen) atoms. The van der Waals surface area contributed by atoms with Crippen LogP contribution < -0.4 is 10.6 Å². The number of nitrogens with zero attached hydrogens (tertiary/aromatic N) is 3. The number of aromatic nitrogens is 2. The molecule has 1 aliphatic heterocycles. The van der Waals surface area contributed by atoms with Crippen LogP contribution >= 0.6 is 0 Å². The Morgan fingerprint density at radius 1 is 1.29 bits per heavy atom. The van der Waals surface area contributed by atoms with E-state index in [-0.39, 0.29) is 0 Å². The molecule has 1 unspecified atom stereocenters. The zero-order chi connectivity index (χ0) is 12.3. The first-order chi connectivity index (χ1) is 8.28. The number of nitrogens with two attached hydrogens (primary N) is 1. The van der Waals surface area contributed by atoms with Gasteiger partial charge in [0.05, 0.1) is 0 Å². The van der Waals surface area contributed by atoms with E-state index in [0.717, 1.165) is 43.1 Å². The maximum absolute atomic E-state index is 5.81. The molecule has 0 spiro atoms. The molecule has 2 rings (SSSR count). The van der Waals surface area contributed by atoms with Crippen LogP contribution in [0.4, 0.5) is 5.95 Å². The van der Waals surface area contributed by atoms with E-state index in [9.17, 15) is 0 Å². The highest BCUT2D eigenvalue weighted by Crippen LogP contribution is 2.22. The third-order valence-corrected chi connectivity index (χ3v) is 3.45. The van der Waals surface area contributed by atoms with Crippen molar-refractivity contribution < 1.29 is 0 Å². The molecule has 0 amide bonds. The predicted molar refractivity (Wildman–Crippen MR) is 70.2 cm³/mol. The van der Waals surface area contributed by atoms with Gasteiger partial charge in [-0.2, -0.15) is 0 Å². The summed E-state index contributed by atoms with van der Waals surface area (Å²) in [5.74, 6) is 0.883. The first-order valence-corrected chi connectivity index (χ1v) is 6.62. The number of hydrogen-bond acceptors (Lipinski definition) is 4. The average Bonchev–Trinajstić information content (AvgIpc) is 2.86. The zero-order valence-corrected chi connectivity index (χ0v) is 10.8. The lowest BCUT2D eigenvalue weighted by Gasteiger charge is -2.24. The van der Waals surface area contributed by atoms with Gasteiger partial charge in [-0.25, -0.2) is 9.97 Å². The fourth-order valence-corrected chi connectivity index (χ4v) is 2.37. The molecule has 94 valence electrons. The van der Waals surface area contributed by atoms with Crippen LogP contribution in [0.1, 0.15) is 38.1 Å². The molecule has 1 aromatic heterocycles. The Bertz CT molecular complexity index is 355. The summed E-state index contributed by atoms with van der Waals surface area (Å²) in [6.07, 6.45) is 4.29. The molecular weight excluding hydrogens is 212 g/mol. The van der Waals surface area contributed by atoms with Gasteiger partial charge in [-0.1, -0.05) is 13.8 Å². The van der Waals surface area contributed by atoms with Gasteiger partial charge in [0.2, 0.25) is 5.95 Å². The van der Waals surface area contributed by atoms with Crippen molar-refractivity contribution in [1.29, 1.82) is 0 Å². The molecule has 0 aliphatic carbocycles. The normalized spacial score (nSPS) is 19.9. The summed E-state index contributed by atoms with van der Waals surface area (Å²) >= 11 is 0. The summed E-state index contributed by atoms with van der Waals surface area (Å²) in [6.45, 7) is 6.01. The molecule has 1 fully saturated rings. The van der Waals surface area contributed by atoms with Crippen molar-refractivity contribution in [3.63, 3.8) is 0 Å². The summed E-state index contributed by atoms with van der Waals surface area (Å²) in [5.41, 5.74) is 8.07. The molecule has 2 N–H and O–H groups in total. The van der Waals surface area contributed by atoms with Crippen LogP contribution in [0.25, 0.3) is 0 Å². The standard InChI is InChI=1S/C13H22N4/c1-3-10-8-11(4-2)16-13(15-10)17-7-5-6-12(17)9-14/h8,12H,3-7,9,14H2,1-2H3. The highest BCUT2D eigenvalue weighted by Gasteiger charge is 2.25. The molecule has 1 atom stereocenters. The van der Waals surface area contributed by atoms with Gasteiger partial charge in [-0.15, -0.1) is 0 Å². The fourth-order valence-electron chi connectivity index (χ4n) is 2.37. The van der Waals surface area contributed by atoms with E-state index in [0.29, 0.717) is 12.6 Å². The topological polar surface area (TPSA) is 55.0 Å². The molecular formula is C13H22N4. The Morgan fingerprint density at radius 2 is 1.94 bits per heavy atom. The monoisotopic (exact) mass is 234 g/mol. The van der Waals surface area contributed by atoms with Crippen LogP contribution in [0.2, 0.25) is 0 Å². The van der Waals surface area contributed by atoms with Crippen LogP contribution in [0.3, 0.4) is 0 Å². The van der Waals surface area contributed by atoms with Crippen molar-refractivity contribution >= 4 is 5.95 Å². The molecule has 0 radical (unpaired) electrons. The van der Waals surface area contributed by atoms with Crippen LogP contribution in [0.5, 0.6) is 0 Å². The van der Waals surface area contributed by atoms with Crippen LogP contribution in [0.15, 0.2) is 6.07 Å². The number of hydrogen-bond donors (Lipinski definition) is 1. The molecule has 1 aliphatic rings. The van der Waals surface area contributed by atoms with Crippen molar-refractivity contribution in [2.75, 3.05) is 18.0 Å². The van der Waals surface area contributed by atoms with Gasteiger partial charge in [0.25, 0.3) is 0 Å². The van der Waals surface area contributed by atoms with E-state index < -0.39 is 0 Å². The number of anilines is 1. The minimum Gasteiger partial charge on any atom is -0.337 e. The number of rotatable bonds is 4. The highest BCUT2D eigenvalue weighted by atomic mass is 15.3. The van der Waals surface area contributed by atoms with Crippen LogP contribution in [-0.4, -0.2) is 29.1 Å². The van der Waals surface area contributed by atoms with Gasteiger partial charge in [0.1, 0.15) is 0 Å². The van der Waals surface area contributed by atoms with Crippen molar-refractivity contribution in [2.24, 2.45) is 5.73 Å². The Morgan fingerprint density at radius 3 is 2.47 bits per heavy atom. The van der Waals surface area contributed by atoms with Gasteiger partial charge in [-0.05, 0) is 31.7 Å². The van der Waals surface area contributed by atoms with Crippen molar-refractivity contribution in [1.82, 2.24) is 9.97 Å². The van der Waals surface area contributed by atoms with E-state index in [4.69, 9.17) is 5.73 Å². The lowest BCUT2D eigenvalue weighted by atomic mass is 10.2. The molecule has 2 heterocycles. The zero-order valence-electron chi connectivity index (χ0n) is 10.8. The molecule has 0 bridgehead atoms. The van der Waals surface area contributed by atoms with E-state index in [1.807, 2.05) is 0 Å². The first-order valence-electron chi connectivity index (χ1n) is 6.62. The third-order valence-electron chi connectivity index (χ3n) is 3.45. The van der Waals surface area contributed by atoms with Gasteiger partial charge in [0.15, 0.2) is 0 Å². The Kier molecular flexibility index (Phi) is 3.94. The van der Waals surface area contributed by atoms with Gasteiger partial charge in [0, 0.05) is 30.5 Å². The Labute approximate surface area is 103 Å². The van der Waals surface area contributed by atoms with Crippen molar-refractivity contribution in [2.45, 2.75) is 45.6 Å². The smallest absolute Gasteiger partial charge is 0.226 e. The van der Waals surface area contributed by atoms with Gasteiger partial charge in [-0.3, -0.25) is 0 Å². The molecule has 4 heteroatoms. The second kappa shape index (κ2) is 5.45. The van der Waals surface area contributed by atoms with Crippen LogP contribution in [0, 0.1) is 0 Å². The summed E-state index contributed by atoms with van der Waals surface area (Å²) < 4.78 is 0. The SMILES string of the molecule is CCc1cc(CC)nc(N2CCCC2CN)n1. The maximum atomic E-state index is 5.81. The fraction of sp³-hybridized carbons (Fsp3) is 0.692. The maximum Gasteiger partial charge on any atom is 0.226 e. The quantitative estimate of drug-likeness (QED) is 0.858. The largest absolute Gasteiger partial charge is 0.337 e. The van der Waals surface area contributed by atoms with Crippen LogP contribution in [-0.2, 0) is 12.8 Å². The average molecular weight is 234 g/mol. The van der Waals surface area contributed by atoms with E-state index in [1.54, 1.807) is 0 Å². The van der Waals surface area contributed by atoms with Gasteiger partial charge >= 0.3 is 0 Å². The Hall–Kier alpha value is -1.16. The van der Waals surface area contributed by atoms with E-state index in [2.05, 4.69) is 34.8 Å². The molecule has 0 aromatic carbocycles. The van der Waals surface area contributed by atoms with E-state index in [1.165, 1.54) is 6.42 Å². The summed E-state index contributed by atoms with van der Waals surface area (Å²) in [7, 11) is 0. The highest BCUT2D eigenvalue weighted by molar-refractivity contribution is 5.36. The number of aryl methyl sites for hydroxylation is 2. The van der Waals surface area contributed by atoms with Crippen molar-refractivity contribution in [3.05, 3.63) is 17.5 Å². The molecule has 0 saturated carbocycles. The third kappa shape index (κ3) is 2.57. The lowest BCUT2D eigenvalue weighted by molar-refractivity contribution is 0.660. The molecule has 4 nitrogen and oxygen atoms in total. The van der Waals surface area contributed by atoms with E-state index >= 15 is 0 Å². The van der Waals surface area contributed by atoms with Gasteiger partial charge < -0.3 is 10.6 Å². The summed E-state index contributed by atoms with van der Waals surface area (Å²) in [6, 6.07) is 2.53. The first kappa shape index (κ1) is 12.3. The second-order valence-corrected chi connectivity index (χ2v) is 4.58. The minimum absolute atomic E-state index is 0.423. The lowest BCUT2D eigenvalue weighted by Crippen LogP contribution is -2.36. The molecule has 1 aromatic rings. The Balaban J connectivity index is 2.30. The van der Waals surface area contributed by atoms with Crippen molar-refractivity contribution in [3.8, 4) is 0 Å². The summed E-state index contributed by atoms with van der Waals surface area (Å²) in [5, 5.41) is 0. The second-order valence-electron chi connectivity index (χ2n) is 4.58. The minimum atomic E-state index is 0.423. The predicted octanol–water partition coefficient (Wildman–Crippen LogP) is 1.53. The molecule has 1 saturated heterocycles. The summed E-state index contributed by atoms with van der Waals surface area (Å²) in [4.78, 5) is 11.6.